The summed E-state index contributed by atoms with van der Waals surface area (Å²) in [4.78, 5) is 30.1. The molecule has 1 aliphatic rings. The summed E-state index contributed by atoms with van der Waals surface area (Å²) in [6.07, 6.45) is 3.30. The van der Waals surface area contributed by atoms with Crippen molar-refractivity contribution in [1.82, 2.24) is 9.88 Å². The average molecular weight is 304 g/mol. The Balaban J connectivity index is 1.91. The molecule has 0 aliphatic carbocycles. The maximum absolute atomic E-state index is 12.1. The second kappa shape index (κ2) is 6.90. The van der Waals surface area contributed by atoms with Crippen LogP contribution < -0.4 is 0 Å². The highest BCUT2D eigenvalue weighted by atomic mass is 16.6. The second-order valence-electron chi connectivity index (χ2n) is 6.70. The van der Waals surface area contributed by atoms with Gasteiger partial charge in [0, 0.05) is 37.3 Å². The Morgan fingerprint density at radius 2 is 2.18 bits per heavy atom. The van der Waals surface area contributed by atoms with Crippen LogP contribution in [-0.4, -0.2) is 40.5 Å². The molecule has 0 aromatic carbocycles. The topological polar surface area (TPSA) is 59.5 Å². The molecule has 1 unspecified atom stereocenters. The zero-order valence-electron chi connectivity index (χ0n) is 13.5. The van der Waals surface area contributed by atoms with Gasteiger partial charge >= 0.3 is 6.09 Å². The third kappa shape index (κ3) is 4.83. The molecule has 1 atom stereocenters. The number of piperidine rings is 1. The van der Waals surface area contributed by atoms with E-state index in [2.05, 4.69) is 4.98 Å². The molecule has 5 nitrogen and oxygen atoms in total. The van der Waals surface area contributed by atoms with Crippen molar-refractivity contribution in [2.24, 2.45) is 5.92 Å². The first-order valence-electron chi connectivity index (χ1n) is 7.76. The van der Waals surface area contributed by atoms with Gasteiger partial charge in [0.2, 0.25) is 0 Å². The molecule has 2 rings (SSSR count). The highest BCUT2D eigenvalue weighted by Crippen LogP contribution is 2.20. The van der Waals surface area contributed by atoms with Crippen LogP contribution in [0.2, 0.25) is 0 Å². The van der Waals surface area contributed by atoms with Crippen LogP contribution in [0.3, 0.4) is 0 Å². The first kappa shape index (κ1) is 16.5. The minimum atomic E-state index is -0.512. The van der Waals surface area contributed by atoms with Gasteiger partial charge in [-0.1, -0.05) is 6.07 Å². The predicted octanol–water partition coefficient (Wildman–Crippen LogP) is 2.84. The molecule has 22 heavy (non-hydrogen) atoms. The largest absolute Gasteiger partial charge is 0.444 e. The van der Waals surface area contributed by atoms with Gasteiger partial charge in [-0.25, -0.2) is 4.79 Å². The Bertz CT molecular complexity index is 522. The Labute approximate surface area is 131 Å². The molecule has 2 heterocycles. The third-order valence-corrected chi connectivity index (χ3v) is 3.65. The third-order valence-electron chi connectivity index (χ3n) is 3.65. The van der Waals surface area contributed by atoms with E-state index in [-0.39, 0.29) is 17.8 Å². The lowest BCUT2D eigenvalue weighted by Gasteiger charge is -2.33. The number of aryl methyl sites for hydroxylation is 1. The van der Waals surface area contributed by atoms with Crippen molar-refractivity contribution in [3.63, 3.8) is 0 Å². The van der Waals surface area contributed by atoms with Gasteiger partial charge in [-0.3, -0.25) is 9.78 Å². The number of pyridine rings is 1. The number of Topliss-reactive ketones (excluding diaryl/α,β-unsaturated/α-hetero) is 1. The van der Waals surface area contributed by atoms with Crippen LogP contribution in [0.15, 0.2) is 24.4 Å². The first-order valence-corrected chi connectivity index (χ1v) is 7.76. The lowest BCUT2D eigenvalue weighted by Crippen LogP contribution is -2.46. The fourth-order valence-corrected chi connectivity index (χ4v) is 2.52. The van der Waals surface area contributed by atoms with E-state index in [0.29, 0.717) is 19.5 Å². The zero-order valence-corrected chi connectivity index (χ0v) is 13.5. The van der Waals surface area contributed by atoms with Gasteiger partial charge in [0.1, 0.15) is 11.4 Å². The summed E-state index contributed by atoms with van der Waals surface area (Å²) in [5.41, 5.74) is 0.465. The van der Waals surface area contributed by atoms with E-state index >= 15 is 0 Å². The molecule has 1 aromatic rings. The smallest absolute Gasteiger partial charge is 0.410 e. The molecule has 1 fully saturated rings. The van der Waals surface area contributed by atoms with Gasteiger partial charge in [0.15, 0.2) is 0 Å². The maximum Gasteiger partial charge on any atom is 0.410 e. The summed E-state index contributed by atoms with van der Waals surface area (Å²) in [5.74, 6) is 0.110. The van der Waals surface area contributed by atoms with Crippen molar-refractivity contribution in [2.45, 2.75) is 45.6 Å². The molecular weight excluding hydrogens is 280 g/mol. The number of rotatable bonds is 3. The molecular formula is C17H24N2O3. The standard InChI is InChI=1S/C17H24N2O3/c1-17(2,3)22-16(21)19-11-9-15(20)13(12-19)7-8-14-6-4-5-10-18-14/h4-6,10,13H,7-9,11-12H2,1-3H3. The van der Waals surface area contributed by atoms with Crippen LogP contribution in [0.25, 0.3) is 0 Å². The lowest BCUT2D eigenvalue weighted by atomic mass is 9.91. The Morgan fingerprint density at radius 3 is 2.82 bits per heavy atom. The van der Waals surface area contributed by atoms with Gasteiger partial charge in [0.05, 0.1) is 0 Å². The number of carbonyl (C=O) groups is 2. The number of nitrogens with zero attached hydrogens (tertiary/aromatic N) is 2. The molecule has 120 valence electrons. The number of hydrogen-bond donors (Lipinski definition) is 0. The molecule has 0 N–H and O–H groups in total. The van der Waals surface area contributed by atoms with Crippen molar-refractivity contribution in [1.29, 1.82) is 0 Å². The number of hydrogen-bond acceptors (Lipinski definition) is 4. The summed E-state index contributed by atoms with van der Waals surface area (Å²) < 4.78 is 5.39. The van der Waals surface area contributed by atoms with E-state index in [9.17, 15) is 9.59 Å². The van der Waals surface area contributed by atoms with E-state index < -0.39 is 5.60 Å². The van der Waals surface area contributed by atoms with E-state index in [1.807, 2.05) is 39.0 Å². The van der Waals surface area contributed by atoms with Crippen LogP contribution in [0.1, 0.15) is 39.3 Å². The fraction of sp³-hybridized carbons (Fsp3) is 0.588. The van der Waals surface area contributed by atoms with Crippen molar-refractivity contribution in [3.8, 4) is 0 Å². The SMILES string of the molecule is CC(C)(C)OC(=O)N1CCC(=O)C(CCc2ccccn2)C1. The molecule has 0 spiro atoms. The lowest BCUT2D eigenvalue weighted by molar-refractivity contribution is -0.126. The molecule has 0 saturated carbocycles. The number of carbonyl (C=O) groups excluding carboxylic acids is 2. The van der Waals surface area contributed by atoms with Gasteiger partial charge in [0.25, 0.3) is 0 Å². The summed E-state index contributed by atoms with van der Waals surface area (Å²) in [7, 11) is 0. The number of ether oxygens (including phenoxy) is 1. The number of amides is 1. The van der Waals surface area contributed by atoms with Crippen LogP contribution in [-0.2, 0) is 16.0 Å². The predicted molar refractivity (Wildman–Crippen MR) is 83.5 cm³/mol. The van der Waals surface area contributed by atoms with E-state index in [0.717, 1.165) is 18.5 Å². The van der Waals surface area contributed by atoms with E-state index in [1.54, 1.807) is 11.1 Å². The van der Waals surface area contributed by atoms with Crippen molar-refractivity contribution in [2.75, 3.05) is 13.1 Å². The summed E-state index contributed by atoms with van der Waals surface area (Å²) in [5, 5.41) is 0. The van der Waals surface area contributed by atoms with Gasteiger partial charge in [-0.05, 0) is 45.7 Å². The number of likely N-dealkylation sites (tertiary alicyclic amines) is 1. The maximum atomic E-state index is 12.1. The molecule has 1 amide bonds. The van der Waals surface area contributed by atoms with Gasteiger partial charge in [-0.15, -0.1) is 0 Å². The van der Waals surface area contributed by atoms with E-state index in [1.165, 1.54) is 0 Å². The fourth-order valence-electron chi connectivity index (χ4n) is 2.52. The normalized spacial score (nSPS) is 19.1. The first-order chi connectivity index (χ1) is 10.3. The molecule has 5 heteroatoms. The van der Waals surface area contributed by atoms with E-state index in [4.69, 9.17) is 4.74 Å². The summed E-state index contributed by atoms with van der Waals surface area (Å²) >= 11 is 0. The minimum absolute atomic E-state index is 0.122. The monoisotopic (exact) mass is 304 g/mol. The van der Waals surface area contributed by atoms with Crippen LogP contribution in [0.5, 0.6) is 0 Å². The highest BCUT2D eigenvalue weighted by molar-refractivity contribution is 5.84. The number of aromatic nitrogens is 1. The molecule has 1 aromatic heterocycles. The average Bonchev–Trinajstić information content (AvgIpc) is 2.45. The second-order valence-corrected chi connectivity index (χ2v) is 6.70. The molecule has 0 bridgehead atoms. The minimum Gasteiger partial charge on any atom is -0.444 e. The Hall–Kier alpha value is -1.91. The Kier molecular flexibility index (Phi) is 5.16. The zero-order chi connectivity index (χ0) is 16.2. The quantitative estimate of drug-likeness (QED) is 0.861. The van der Waals surface area contributed by atoms with Crippen LogP contribution in [0.4, 0.5) is 4.79 Å². The summed E-state index contributed by atoms with van der Waals surface area (Å²) in [6, 6.07) is 5.77. The van der Waals surface area contributed by atoms with Crippen molar-refractivity contribution >= 4 is 11.9 Å². The van der Waals surface area contributed by atoms with Crippen LogP contribution >= 0.6 is 0 Å². The number of ketones is 1. The van der Waals surface area contributed by atoms with Crippen molar-refractivity contribution in [3.05, 3.63) is 30.1 Å². The van der Waals surface area contributed by atoms with Gasteiger partial charge in [-0.2, -0.15) is 0 Å². The van der Waals surface area contributed by atoms with Gasteiger partial charge < -0.3 is 9.64 Å². The molecule has 0 radical (unpaired) electrons. The molecule has 1 aliphatic heterocycles. The Morgan fingerprint density at radius 1 is 1.41 bits per heavy atom. The van der Waals surface area contributed by atoms with Crippen molar-refractivity contribution < 1.29 is 14.3 Å². The highest BCUT2D eigenvalue weighted by Gasteiger charge is 2.31. The molecule has 1 saturated heterocycles. The van der Waals surface area contributed by atoms with Crippen LogP contribution in [0, 0.1) is 5.92 Å². The summed E-state index contributed by atoms with van der Waals surface area (Å²) in [6.45, 7) is 6.43.